The Bertz CT molecular complexity index is 929. The van der Waals surface area contributed by atoms with Crippen LogP contribution in [0.1, 0.15) is 43.1 Å². The first-order valence-corrected chi connectivity index (χ1v) is 9.25. The van der Waals surface area contributed by atoms with Crippen molar-refractivity contribution in [2.75, 3.05) is 0 Å². The Kier molecular flexibility index (Phi) is 4.48. The molecular formula is C22H24FN3O. The molecule has 27 heavy (non-hydrogen) atoms. The Balaban J connectivity index is 1.61. The van der Waals surface area contributed by atoms with Crippen molar-refractivity contribution >= 4 is 0 Å². The smallest absolute Gasteiger partial charge is 0.123 e. The average molecular weight is 365 g/mol. The summed E-state index contributed by atoms with van der Waals surface area (Å²) in [5.74, 6) is 0.0361. The van der Waals surface area contributed by atoms with E-state index in [9.17, 15) is 9.50 Å². The van der Waals surface area contributed by atoms with Crippen molar-refractivity contribution in [1.29, 1.82) is 0 Å². The minimum atomic E-state index is -0.242. The van der Waals surface area contributed by atoms with Gasteiger partial charge in [-0.05, 0) is 60.2 Å². The monoisotopic (exact) mass is 365 g/mol. The van der Waals surface area contributed by atoms with Gasteiger partial charge in [0.15, 0.2) is 0 Å². The first-order valence-electron chi connectivity index (χ1n) is 9.25. The van der Waals surface area contributed by atoms with E-state index in [1.54, 1.807) is 24.3 Å². The zero-order valence-corrected chi connectivity index (χ0v) is 15.6. The molecule has 140 valence electrons. The Labute approximate surface area is 158 Å². The number of nitrogens with zero attached hydrogens (tertiary/aromatic N) is 2. The Hall–Kier alpha value is -2.66. The van der Waals surface area contributed by atoms with Gasteiger partial charge in [-0.25, -0.2) is 9.07 Å². The highest BCUT2D eigenvalue weighted by atomic mass is 19.1. The molecule has 0 radical (unpaired) electrons. The van der Waals surface area contributed by atoms with Crippen LogP contribution in [-0.2, 0) is 13.0 Å². The number of phenols is 1. The van der Waals surface area contributed by atoms with E-state index in [2.05, 4.69) is 24.3 Å². The second-order valence-electron chi connectivity index (χ2n) is 8.08. The van der Waals surface area contributed by atoms with Crippen LogP contribution in [0.2, 0.25) is 0 Å². The third-order valence-electron chi connectivity index (χ3n) is 5.24. The molecule has 0 spiro atoms. The molecule has 5 heteroatoms. The van der Waals surface area contributed by atoms with Crippen LogP contribution in [0.5, 0.6) is 5.75 Å². The van der Waals surface area contributed by atoms with Crippen molar-refractivity contribution in [3.05, 3.63) is 77.4 Å². The lowest BCUT2D eigenvalue weighted by Crippen LogP contribution is -2.33. The SMILES string of the molecule is CC1(C)Cc2c(cnn2-c2ccc(F)cc2)[C@H](NCc2ccc(O)cc2)C1. The lowest BCUT2D eigenvalue weighted by molar-refractivity contribution is 0.253. The van der Waals surface area contributed by atoms with Crippen LogP contribution in [0.25, 0.3) is 5.69 Å². The molecule has 0 fully saturated rings. The van der Waals surface area contributed by atoms with Crippen LogP contribution in [0.3, 0.4) is 0 Å². The Morgan fingerprint density at radius 1 is 1.15 bits per heavy atom. The molecule has 4 nitrogen and oxygen atoms in total. The number of phenolic OH excluding ortho intramolecular Hbond substituents is 1. The van der Waals surface area contributed by atoms with Gasteiger partial charge in [-0.15, -0.1) is 0 Å². The largest absolute Gasteiger partial charge is 0.508 e. The molecule has 1 atom stereocenters. The number of nitrogens with one attached hydrogen (secondary N) is 1. The summed E-state index contributed by atoms with van der Waals surface area (Å²) in [6.45, 7) is 5.27. The summed E-state index contributed by atoms with van der Waals surface area (Å²) in [6, 6.07) is 14.0. The van der Waals surface area contributed by atoms with Crippen molar-refractivity contribution < 1.29 is 9.50 Å². The highest BCUT2D eigenvalue weighted by molar-refractivity contribution is 5.38. The first kappa shape index (κ1) is 17.7. The fourth-order valence-corrected chi connectivity index (χ4v) is 3.88. The van der Waals surface area contributed by atoms with E-state index in [4.69, 9.17) is 0 Å². The van der Waals surface area contributed by atoms with E-state index in [-0.39, 0.29) is 23.0 Å². The van der Waals surface area contributed by atoms with Gasteiger partial charge >= 0.3 is 0 Å². The maximum absolute atomic E-state index is 13.3. The third-order valence-corrected chi connectivity index (χ3v) is 5.24. The number of hydrogen-bond donors (Lipinski definition) is 2. The van der Waals surface area contributed by atoms with Gasteiger partial charge < -0.3 is 10.4 Å². The summed E-state index contributed by atoms with van der Waals surface area (Å²) in [5, 5.41) is 17.7. The standard InChI is InChI=1S/C22H24FN3O/c1-22(2)11-20(24-13-15-3-9-18(27)10-4-15)19-14-25-26(21(19)12-22)17-7-5-16(23)6-8-17/h3-10,14,20,24,27H,11-13H2,1-2H3/t20-/m1/s1. The average Bonchev–Trinajstić information content (AvgIpc) is 3.04. The summed E-state index contributed by atoms with van der Waals surface area (Å²) in [4.78, 5) is 0. The molecule has 0 amide bonds. The van der Waals surface area contributed by atoms with Gasteiger partial charge in [-0.3, -0.25) is 0 Å². The highest BCUT2D eigenvalue weighted by Gasteiger charge is 2.35. The Morgan fingerprint density at radius 3 is 2.56 bits per heavy atom. The molecule has 0 aliphatic heterocycles. The quantitative estimate of drug-likeness (QED) is 0.715. The molecule has 1 aliphatic carbocycles. The van der Waals surface area contributed by atoms with Gasteiger partial charge in [0.05, 0.1) is 11.9 Å². The number of benzene rings is 2. The first-order chi connectivity index (χ1) is 12.9. The number of hydrogen-bond acceptors (Lipinski definition) is 3. The van der Waals surface area contributed by atoms with Gasteiger partial charge in [-0.1, -0.05) is 26.0 Å². The molecule has 1 aromatic heterocycles. The van der Waals surface area contributed by atoms with Crippen LogP contribution in [0.15, 0.2) is 54.7 Å². The maximum Gasteiger partial charge on any atom is 0.123 e. The highest BCUT2D eigenvalue weighted by Crippen LogP contribution is 2.41. The lowest BCUT2D eigenvalue weighted by Gasteiger charge is -2.36. The number of fused-ring (bicyclic) bond motifs is 1. The summed E-state index contributed by atoms with van der Waals surface area (Å²) >= 11 is 0. The van der Waals surface area contributed by atoms with Gasteiger partial charge in [-0.2, -0.15) is 5.10 Å². The van der Waals surface area contributed by atoms with Crippen LogP contribution in [0.4, 0.5) is 4.39 Å². The molecule has 1 aliphatic rings. The zero-order valence-electron chi connectivity index (χ0n) is 15.6. The van der Waals surface area contributed by atoms with E-state index < -0.39 is 0 Å². The van der Waals surface area contributed by atoms with Crippen molar-refractivity contribution in [2.24, 2.45) is 5.41 Å². The van der Waals surface area contributed by atoms with Crippen LogP contribution in [-0.4, -0.2) is 14.9 Å². The molecule has 2 N–H and O–H groups in total. The molecule has 4 rings (SSSR count). The van der Waals surface area contributed by atoms with Gasteiger partial charge in [0.2, 0.25) is 0 Å². The molecule has 0 saturated carbocycles. The molecule has 0 unspecified atom stereocenters. The second kappa shape index (κ2) is 6.82. The Morgan fingerprint density at radius 2 is 1.85 bits per heavy atom. The van der Waals surface area contributed by atoms with Crippen LogP contribution >= 0.6 is 0 Å². The molecular weight excluding hydrogens is 341 g/mol. The minimum absolute atomic E-state index is 0.136. The summed E-state index contributed by atoms with van der Waals surface area (Å²) in [6.07, 6.45) is 3.88. The second-order valence-corrected chi connectivity index (χ2v) is 8.08. The topological polar surface area (TPSA) is 50.1 Å². The third kappa shape index (κ3) is 3.74. The van der Waals surface area contributed by atoms with Crippen molar-refractivity contribution in [3.8, 4) is 11.4 Å². The number of halogens is 1. The lowest BCUT2D eigenvalue weighted by atomic mass is 9.74. The van der Waals surface area contributed by atoms with E-state index in [1.807, 2.05) is 23.0 Å². The van der Waals surface area contributed by atoms with Gasteiger partial charge in [0.1, 0.15) is 11.6 Å². The molecule has 3 aromatic rings. The fraction of sp³-hybridized carbons (Fsp3) is 0.318. The summed E-state index contributed by atoms with van der Waals surface area (Å²) < 4.78 is 15.2. The van der Waals surface area contributed by atoms with Crippen LogP contribution in [0, 0.1) is 11.2 Å². The van der Waals surface area contributed by atoms with Crippen molar-refractivity contribution in [3.63, 3.8) is 0 Å². The molecule has 2 aromatic carbocycles. The zero-order chi connectivity index (χ0) is 19.0. The molecule has 0 bridgehead atoms. The minimum Gasteiger partial charge on any atom is -0.508 e. The van der Waals surface area contributed by atoms with Gasteiger partial charge in [0, 0.05) is 23.8 Å². The predicted molar refractivity (Wildman–Crippen MR) is 103 cm³/mol. The number of aromatic hydroxyl groups is 1. The summed E-state index contributed by atoms with van der Waals surface area (Å²) in [5.41, 5.74) is 4.53. The fourth-order valence-electron chi connectivity index (χ4n) is 3.88. The predicted octanol–water partition coefficient (Wildman–Crippen LogP) is 4.52. The molecule has 1 heterocycles. The summed E-state index contributed by atoms with van der Waals surface area (Å²) in [7, 11) is 0. The van der Waals surface area contributed by atoms with E-state index in [0.29, 0.717) is 0 Å². The van der Waals surface area contributed by atoms with E-state index in [1.165, 1.54) is 23.4 Å². The van der Waals surface area contributed by atoms with E-state index >= 15 is 0 Å². The van der Waals surface area contributed by atoms with Crippen LogP contribution < -0.4 is 5.32 Å². The number of rotatable bonds is 4. The maximum atomic E-state index is 13.3. The van der Waals surface area contributed by atoms with Crippen molar-refractivity contribution in [2.45, 2.75) is 39.3 Å². The molecule has 0 saturated heterocycles. The number of aromatic nitrogens is 2. The normalized spacial score (nSPS) is 18.3. The van der Waals surface area contributed by atoms with Crippen molar-refractivity contribution in [1.82, 2.24) is 15.1 Å². The van der Waals surface area contributed by atoms with E-state index in [0.717, 1.165) is 30.6 Å². The van der Waals surface area contributed by atoms with Gasteiger partial charge in [0.25, 0.3) is 0 Å².